The van der Waals surface area contributed by atoms with Crippen LogP contribution in [0.25, 0.3) is 0 Å². The van der Waals surface area contributed by atoms with Crippen LogP contribution in [-0.4, -0.2) is 31.2 Å². The van der Waals surface area contributed by atoms with Crippen molar-refractivity contribution in [3.05, 3.63) is 53.7 Å². The summed E-state index contributed by atoms with van der Waals surface area (Å²) >= 11 is 0. The van der Waals surface area contributed by atoms with Gasteiger partial charge in [0.1, 0.15) is 5.82 Å². The van der Waals surface area contributed by atoms with Gasteiger partial charge in [0.2, 0.25) is 5.91 Å². The Morgan fingerprint density at radius 3 is 2.61 bits per heavy atom. The Morgan fingerprint density at radius 1 is 1.17 bits per heavy atom. The minimum atomic E-state index is -0.0674. The first-order valence-electron chi connectivity index (χ1n) is 7.71. The summed E-state index contributed by atoms with van der Waals surface area (Å²) in [6, 6.07) is 11.6. The molecule has 0 aliphatic rings. The van der Waals surface area contributed by atoms with Crippen molar-refractivity contribution in [1.29, 1.82) is 0 Å². The quantitative estimate of drug-likeness (QED) is 0.735. The molecule has 1 heterocycles. The summed E-state index contributed by atoms with van der Waals surface area (Å²) in [5.74, 6) is 0.492. The predicted molar refractivity (Wildman–Crippen MR) is 92.7 cm³/mol. The van der Waals surface area contributed by atoms with Crippen LogP contribution in [0.5, 0.6) is 0 Å². The number of benzene rings is 1. The molecule has 0 aliphatic carbocycles. The Morgan fingerprint density at radius 2 is 1.96 bits per heavy atom. The Balaban J connectivity index is 1.80. The number of nitrogens with zero attached hydrogens (tertiary/aromatic N) is 1. The van der Waals surface area contributed by atoms with Crippen LogP contribution in [0.4, 0.5) is 11.5 Å². The molecule has 1 amide bonds. The third kappa shape index (κ3) is 6.08. The highest BCUT2D eigenvalue weighted by Gasteiger charge is 2.05. The smallest absolute Gasteiger partial charge is 0.229 e. The lowest BCUT2D eigenvalue weighted by Crippen LogP contribution is -2.15. The SMILES string of the molecule is COCCCNc1ccc(NC(=O)Cc2ccc(C)cc2)nc1. The van der Waals surface area contributed by atoms with Gasteiger partial charge >= 0.3 is 0 Å². The molecule has 0 saturated heterocycles. The van der Waals surface area contributed by atoms with E-state index in [0.29, 0.717) is 12.2 Å². The number of amides is 1. The number of methoxy groups -OCH3 is 1. The van der Waals surface area contributed by atoms with E-state index in [1.165, 1.54) is 5.56 Å². The van der Waals surface area contributed by atoms with Crippen LogP contribution in [-0.2, 0) is 16.0 Å². The molecule has 0 fully saturated rings. The summed E-state index contributed by atoms with van der Waals surface area (Å²) in [6.07, 6.45) is 3.00. The molecule has 122 valence electrons. The van der Waals surface area contributed by atoms with Crippen molar-refractivity contribution in [2.75, 3.05) is 30.9 Å². The molecule has 0 spiro atoms. The Bertz CT molecular complexity index is 609. The van der Waals surface area contributed by atoms with Gasteiger partial charge in [-0.25, -0.2) is 4.98 Å². The average molecular weight is 313 g/mol. The lowest BCUT2D eigenvalue weighted by molar-refractivity contribution is -0.115. The van der Waals surface area contributed by atoms with Crippen molar-refractivity contribution < 1.29 is 9.53 Å². The molecule has 2 N–H and O–H groups in total. The van der Waals surface area contributed by atoms with Crippen LogP contribution in [0.1, 0.15) is 17.5 Å². The van der Waals surface area contributed by atoms with Gasteiger partial charge in [-0.1, -0.05) is 29.8 Å². The van der Waals surface area contributed by atoms with Gasteiger partial charge in [-0.3, -0.25) is 4.79 Å². The number of nitrogens with one attached hydrogen (secondary N) is 2. The van der Waals surface area contributed by atoms with Gasteiger partial charge in [-0.05, 0) is 31.0 Å². The summed E-state index contributed by atoms with van der Waals surface area (Å²) in [5.41, 5.74) is 3.10. The topological polar surface area (TPSA) is 63.2 Å². The zero-order valence-corrected chi connectivity index (χ0v) is 13.6. The minimum absolute atomic E-state index is 0.0674. The van der Waals surface area contributed by atoms with Crippen LogP contribution in [0.3, 0.4) is 0 Å². The summed E-state index contributed by atoms with van der Waals surface area (Å²) < 4.78 is 4.99. The second-order valence-electron chi connectivity index (χ2n) is 5.42. The van der Waals surface area contributed by atoms with E-state index < -0.39 is 0 Å². The third-order valence-corrected chi connectivity index (χ3v) is 3.37. The largest absolute Gasteiger partial charge is 0.385 e. The molecule has 0 bridgehead atoms. The van der Waals surface area contributed by atoms with E-state index in [0.717, 1.165) is 30.8 Å². The summed E-state index contributed by atoms with van der Waals surface area (Å²) in [7, 11) is 1.69. The molecular weight excluding hydrogens is 290 g/mol. The highest BCUT2D eigenvalue weighted by atomic mass is 16.5. The zero-order valence-electron chi connectivity index (χ0n) is 13.6. The second kappa shape index (κ2) is 8.90. The highest BCUT2D eigenvalue weighted by Crippen LogP contribution is 2.11. The average Bonchev–Trinajstić information content (AvgIpc) is 2.55. The fourth-order valence-electron chi connectivity index (χ4n) is 2.10. The standard InChI is InChI=1S/C18H23N3O2/c1-14-4-6-15(7-5-14)12-18(22)21-17-9-8-16(13-20-17)19-10-3-11-23-2/h4-9,13,19H,3,10-12H2,1-2H3,(H,20,21,22). The first-order chi connectivity index (χ1) is 11.2. The van der Waals surface area contributed by atoms with E-state index in [2.05, 4.69) is 15.6 Å². The van der Waals surface area contributed by atoms with Crippen LogP contribution in [0, 0.1) is 6.92 Å². The lowest BCUT2D eigenvalue weighted by Gasteiger charge is -2.08. The normalized spacial score (nSPS) is 10.3. The number of aromatic nitrogens is 1. The molecule has 2 aromatic rings. The second-order valence-corrected chi connectivity index (χ2v) is 5.42. The summed E-state index contributed by atoms with van der Waals surface area (Å²) in [5, 5.41) is 6.06. The minimum Gasteiger partial charge on any atom is -0.385 e. The molecule has 0 radical (unpaired) electrons. The maximum atomic E-state index is 12.0. The van der Waals surface area contributed by atoms with Gasteiger partial charge in [0.25, 0.3) is 0 Å². The van der Waals surface area contributed by atoms with E-state index in [9.17, 15) is 4.79 Å². The molecule has 5 nitrogen and oxygen atoms in total. The number of hydrogen-bond acceptors (Lipinski definition) is 4. The van der Waals surface area contributed by atoms with E-state index >= 15 is 0 Å². The number of carbonyl (C=O) groups is 1. The number of carbonyl (C=O) groups excluding carboxylic acids is 1. The van der Waals surface area contributed by atoms with Gasteiger partial charge in [0.05, 0.1) is 18.3 Å². The molecule has 0 unspecified atom stereocenters. The first-order valence-corrected chi connectivity index (χ1v) is 7.71. The summed E-state index contributed by atoms with van der Waals surface area (Å²) in [4.78, 5) is 16.3. The van der Waals surface area contributed by atoms with E-state index in [1.807, 2.05) is 37.3 Å². The Kier molecular flexibility index (Phi) is 6.56. The van der Waals surface area contributed by atoms with Gasteiger partial charge < -0.3 is 15.4 Å². The molecule has 1 aromatic heterocycles. The number of pyridine rings is 1. The monoisotopic (exact) mass is 313 g/mol. The van der Waals surface area contributed by atoms with Crippen LogP contribution < -0.4 is 10.6 Å². The van der Waals surface area contributed by atoms with E-state index in [1.54, 1.807) is 19.4 Å². The van der Waals surface area contributed by atoms with Gasteiger partial charge in [0, 0.05) is 20.3 Å². The molecule has 5 heteroatoms. The Hall–Kier alpha value is -2.40. The van der Waals surface area contributed by atoms with Gasteiger partial charge in [-0.2, -0.15) is 0 Å². The number of ether oxygens (including phenoxy) is 1. The number of aryl methyl sites for hydroxylation is 1. The van der Waals surface area contributed by atoms with Gasteiger partial charge in [0.15, 0.2) is 0 Å². The number of anilines is 2. The van der Waals surface area contributed by atoms with Crippen molar-refractivity contribution in [3.63, 3.8) is 0 Å². The number of rotatable bonds is 8. The molecule has 0 aliphatic heterocycles. The fraction of sp³-hybridized carbons (Fsp3) is 0.333. The highest BCUT2D eigenvalue weighted by molar-refractivity contribution is 5.91. The predicted octanol–water partition coefficient (Wildman–Crippen LogP) is 3.02. The van der Waals surface area contributed by atoms with Crippen molar-refractivity contribution in [2.24, 2.45) is 0 Å². The molecule has 0 saturated carbocycles. The molecular formula is C18H23N3O2. The van der Waals surface area contributed by atoms with Crippen LogP contribution in [0.2, 0.25) is 0 Å². The van der Waals surface area contributed by atoms with Crippen LogP contribution in [0.15, 0.2) is 42.6 Å². The summed E-state index contributed by atoms with van der Waals surface area (Å²) in [6.45, 7) is 3.58. The zero-order chi connectivity index (χ0) is 16.5. The maximum Gasteiger partial charge on any atom is 0.229 e. The van der Waals surface area contributed by atoms with Crippen LogP contribution >= 0.6 is 0 Å². The fourth-order valence-corrected chi connectivity index (χ4v) is 2.10. The maximum absolute atomic E-state index is 12.0. The molecule has 2 rings (SSSR count). The molecule has 0 atom stereocenters. The number of hydrogen-bond donors (Lipinski definition) is 2. The molecule has 1 aromatic carbocycles. The van der Waals surface area contributed by atoms with Crippen molar-refractivity contribution in [1.82, 2.24) is 4.98 Å². The van der Waals surface area contributed by atoms with Crippen molar-refractivity contribution >= 4 is 17.4 Å². The Labute approximate surface area is 137 Å². The molecule has 23 heavy (non-hydrogen) atoms. The van der Waals surface area contributed by atoms with Crippen molar-refractivity contribution in [3.8, 4) is 0 Å². The van der Waals surface area contributed by atoms with E-state index in [4.69, 9.17) is 4.74 Å². The van der Waals surface area contributed by atoms with Crippen molar-refractivity contribution in [2.45, 2.75) is 19.8 Å². The van der Waals surface area contributed by atoms with Gasteiger partial charge in [-0.15, -0.1) is 0 Å². The third-order valence-electron chi connectivity index (χ3n) is 3.37. The lowest BCUT2D eigenvalue weighted by atomic mass is 10.1. The van der Waals surface area contributed by atoms with E-state index in [-0.39, 0.29) is 5.91 Å². The first kappa shape index (κ1) is 17.0.